The summed E-state index contributed by atoms with van der Waals surface area (Å²) in [4.78, 5) is 0. The van der Waals surface area contributed by atoms with E-state index in [2.05, 4.69) is 66.8 Å². The fourth-order valence-electron chi connectivity index (χ4n) is 3.11. The molecule has 0 aliphatic rings. The maximum atomic E-state index is 5.50. The van der Waals surface area contributed by atoms with Crippen LogP contribution in [0.3, 0.4) is 0 Å². The van der Waals surface area contributed by atoms with Crippen molar-refractivity contribution in [3.8, 4) is 0 Å². The molecule has 3 rings (SSSR count). The van der Waals surface area contributed by atoms with Gasteiger partial charge in [-0.2, -0.15) is 5.10 Å². The smallest absolute Gasteiger partial charge is 0.175 e. The summed E-state index contributed by atoms with van der Waals surface area (Å²) < 4.78 is 2.01. The molecule has 0 aliphatic heterocycles. The quantitative estimate of drug-likeness (QED) is 0.641. The van der Waals surface area contributed by atoms with Crippen LogP contribution in [0, 0.1) is 27.7 Å². The number of anilines is 2. The standard InChI is InChI=1S/C21H24N4S/c1-14-10-15(2)12-19(11-14)22-21(26)23-20-16(3)24-25(17(20)4)13-18-8-6-5-7-9-18/h5-12H,13H2,1-4H3,(H2,22,23,26). The number of rotatable bonds is 4. The Balaban J connectivity index is 1.74. The van der Waals surface area contributed by atoms with Crippen molar-refractivity contribution in [2.75, 3.05) is 10.6 Å². The van der Waals surface area contributed by atoms with Crippen molar-refractivity contribution in [3.63, 3.8) is 0 Å². The van der Waals surface area contributed by atoms with Gasteiger partial charge in [0.05, 0.1) is 23.6 Å². The number of hydrogen-bond donors (Lipinski definition) is 2. The molecule has 0 radical (unpaired) electrons. The molecular weight excluding hydrogens is 340 g/mol. The van der Waals surface area contributed by atoms with E-state index >= 15 is 0 Å². The van der Waals surface area contributed by atoms with Crippen LogP contribution in [0.2, 0.25) is 0 Å². The van der Waals surface area contributed by atoms with Crippen LogP contribution in [-0.4, -0.2) is 14.9 Å². The van der Waals surface area contributed by atoms with Crippen molar-refractivity contribution in [2.45, 2.75) is 34.2 Å². The first kappa shape index (κ1) is 18.1. The summed E-state index contributed by atoms with van der Waals surface area (Å²) in [5, 5.41) is 11.8. The highest BCUT2D eigenvalue weighted by Crippen LogP contribution is 2.21. The van der Waals surface area contributed by atoms with Crippen molar-refractivity contribution in [1.82, 2.24) is 9.78 Å². The summed E-state index contributed by atoms with van der Waals surface area (Å²) in [7, 11) is 0. The molecule has 26 heavy (non-hydrogen) atoms. The van der Waals surface area contributed by atoms with E-state index in [9.17, 15) is 0 Å². The number of aromatic nitrogens is 2. The van der Waals surface area contributed by atoms with E-state index < -0.39 is 0 Å². The fourth-order valence-corrected chi connectivity index (χ4v) is 3.33. The van der Waals surface area contributed by atoms with Gasteiger partial charge in [-0.15, -0.1) is 0 Å². The Morgan fingerprint density at radius 3 is 2.27 bits per heavy atom. The van der Waals surface area contributed by atoms with Crippen LogP contribution in [0.25, 0.3) is 0 Å². The van der Waals surface area contributed by atoms with E-state index in [0.29, 0.717) is 5.11 Å². The molecule has 4 nitrogen and oxygen atoms in total. The molecule has 0 amide bonds. The summed E-state index contributed by atoms with van der Waals surface area (Å²) >= 11 is 5.50. The minimum Gasteiger partial charge on any atom is -0.332 e. The van der Waals surface area contributed by atoms with Crippen LogP contribution in [0.4, 0.5) is 11.4 Å². The zero-order valence-electron chi connectivity index (χ0n) is 15.6. The second-order valence-corrected chi connectivity index (χ2v) is 7.05. The number of benzene rings is 2. The van der Waals surface area contributed by atoms with Crippen LogP contribution in [0.5, 0.6) is 0 Å². The van der Waals surface area contributed by atoms with Gasteiger partial charge in [0.15, 0.2) is 5.11 Å². The molecule has 1 aromatic heterocycles. The van der Waals surface area contributed by atoms with E-state index in [0.717, 1.165) is 29.3 Å². The molecule has 0 saturated carbocycles. The highest BCUT2D eigenvalue weighted by Gasteiger charge is 2.13. The third kappa shape index (κ3) is 4.29. The molecule has 0 aliphatic carbocycles. The van der Waals surface area contributed by atoms with Crippen LogP contribution >= 0.6 is 12.2 Å². The largest absolute Gasteiger partial charge is 0.332 e. The molecule has 2 N–H and O–H groups in total. The van der Waals surface area contributed by atoms with Gasteiger partial charge >= 0.3 is 0 Å². The van der Waals surface area contributed by atoms with E-state index in [1.807, 2.05) is 29.8 Å². The van der Waals surface area contributed by atoms with Gasteiger partial charge in [-0.05, 0) is 68.7 Å². The number of nitrogens with one attached hydrogen (secondary N) is 2. The lowest BCUT2D eigenvalue weighted by atomic mass is 10.1. The normalized spacial score (nSPS) is 10.6. The summed E-state index contributed by atoms with van der Waals surface area (Å²) in [6.45, 7) is 8.96. The molecular formula is C21H24N4S. The summed E-state index contributed by atoms with van der Waals surface area (Å²) in [6.07, 6.45) is 0. The van der Waals surface area contributed by atoms with E-state index in [-0.39, 0.29) is 0 Å². The Bertz CT molecular complexity index is 908. The van der Waals surface area contributed by atoms with Gasteiger partial charge in [0.2, 0.25) is 0 Å². The average molecular weight is 365 g/mol. The van der Waals surface area contributed by atoms with Crippen LogP contribution in [0.15, 0.2) is 48.5 Å². The molecule has 0 bridgehead atoms. The zero-order valence-corrected chi connectivity index (χ0v) is 16.4. The average Bonchev–Trinajstić information content (AvgIpc) is 2.82. The van der Waals surface area contributed by atoms with Gasteiger partial charge in [-0.25, -0.2) is 0 Å². The predicted octanol–water partition coefficient (Wildman–Crippen LogP) is 4.97. The SMILES string of the molecule is Cc1cc(C)cc(NC(=S)Nc2c(C)nn(Cc3ccccc3)c2C)c1. The molecule has 2 aromatic carbocycles. The lowest BCUT2D eigenvalue weighted by molar-refractivity contribution is 0.659. The van der Waals surface area contributed by atoms with Crippen LogP contribution in [-0.2, 0) is 6.54 Å². The molecule has 0 unspecified atom stereocenters. The highest BCUT2D eigenvalue weighted by molar-refractivity contribution is 7.80. The maximum Gasteiger partial charge on any atom is 0.175 e. The van der Waals surface area contributed by atoms with Gasteiger partial charge < -0.3 is 10.6 Å². The lowest BCUT2D eigenvalue weighted by Crippen LogP contribution is -2.20. The Labute approximate surface area is 160 Å². The first-order valence-corrected chi connectivity index (χ1v) is 9.07. The molecule has 3 aromatic rings. The van der Waals surface area contributed by atoms with E-state index in [1.165, 1.54) is 16.7 Å². The lowest BCUT2D eigenvalue weighted by Gasteiger charge is -2.12. The Kier molecular flexibility index (Phi) is 5.38. The Morgan fingerprint density at radius 1 is 0.962 bits per heavy atom. The maximum absolute atomic E-state index is 5.50. The van der Waals surface area contributed by atoms with Gasteiger partial charge in [0.1, 0.15) is 0 Å². The number of hydrogen-bond acceptors (Lipinski definition) is 2. The highest BCUT2D eigenvalue weighted by atomic mass is 32.1. The Morgan fingerprint density at radius 2 is 1.62 bits per heavy atom. The van der Waals surface area contributed by atoms with Crippen molar-refractivity contribution >= 4 is 28.7 Å². The number of nitrogens with zero attached hydrogens (tertiary/aromatic N) is 2. The van der Waals surface area contributed by atoms with Crippen molar-refractivity contribution in [3.05, 3.63) is 76.6 Å². The third-order valence-electron chi connectivity index (χ3n) is 4.27. The Hall–Kier alpha value is -2.66. The van der Waals surface area contributed by atoms with E-state index in [4.69, 9.17) is 12.2 Å². The summed E-state index contributed by atoms with van der Waals surface area (Å²) in [5.41, 5.74) is 7.59. The minimum atomic E-state index is 0.570. The summed E-state index contributed by atoms with van der Waals surface area (Å²) in [6, 6.07) is 16.6. The van der Waals surface area contributed by atoms with Crippen molar-refractivity contribution < 1.29 is 0 Å². The fraction of sp³-hybridized carbons (Fsp3) is 0.238. The molecule has 0 saturated heterocycles. The molecule has 0 fully saturated rings. The first-order valence-electron chi connectivity index (χ1n) is 8.66. The van der Waals surface area contributed by atoms with Gasteiger partial charge in [0.25, 0.3) is 0 Å². The minimum absolute atomic E-state index is 0.570. The van der Waals surface area contributed by atoms with Gasteiger partial charge in [-0.1, -0.05) is 36.4 Å². The third-order valence-corrected chi connectivity index (χ3v) is 4.48. The monoisotopic (exact) mass is 364 g/mol. The second kappa shape index (κ2) is 7.70. The van der Waals surface area contributed by atoms with Crippen LogP contribution in [0.1, 0.15) is 28.1 Å². The molecule has 0 atom stereocenters. The predicted molar refractivity (Wildman–Crippen MR) is 113 cm³/mol. The topological polar surface area (TPSA) is 41.9 Å². The second-order valence-electron chi connectivity index (χ2n) is 6.64. The molecule has 134 valence electrons. The van der Waals surface area contributed by atoms with Crippen molar-refractivity contribution in [1.29, 1.82) is 0 Å². The molecule has 0 spiro atoms. The number of thiocarbonyl (C=S) groups is 1. The van der Waals surface area contributed by atoms with Gasteiger partial charge in [-0.3, -0.25) is 4.68 Å². The van der Waals surface area contributed by atoms with Crippen LogP contribution < -0.4 is 10.6 Å². The molecule has 1 heterocycles. The number of aryl methyl sites for hydroxylation is 3. The van der Waals surface area contributed by atoms with E-state index in [1.54, 1.807) is 0 Å². The van der Waals surface area contributed by atoms with Gasteiger partial charge in [0, 0.05) is 5.69 Å². The first-order chi connectivity index (χ1) is 12.4. The van der Waals surface area contributed by atoms with Crippen molar-refractivity contribution in [2.24, 2.45) is 0 Å². The summed E-state index contributed by atoms with van der Waals surface area (Å²) in [5.74, 6) is 0. The molecule has 5 heteroatoms. The zero-order chi connectivity index (χ0) is 18.7.